The largest absolute Gasteiger partial charge is 0.473 e. The van der Waals surface area contributed by atoms with Gasteiger partial charge in [0, 0.05) is 24.4 Å². The van der Waals surface area contributed by atoms with Crippen LogP contribution in [0.5, 0.6) is 5.88 Å². The second kappa shape index (κ2) is 5.99. The summed E-state index contributed by atoms with van der Waals surface area (Å²) in [7, 11) is 1.51. The minimum absolute atomic E-state index is 0.0569. The van der Waals surface area contributed by atoms with E-state index in [2.05, 4.69) is 10.3 Å². The van der Waals surface area contributed by atoms with E-state index < -0.39 is 17.7 Å². The number of aromatic nitrogens is 1. The van der Waals surface area contributed by atoms with E-state index in [4.69, 9.17) is 4.74 Å². The first-order chi connectivity index (χ1) is 9.91. The van der Waals surface area contributed by atoms with E-state index in [-0.39, 0.29) is 18.1 Å². The van der Waals surface area contributed by atoms with Gasteiger partial charge in [0.15, 0.2) is 0 Å². The highest BCUT2D eigenvalue weighted by atomic mass is 19.4. The van der Waals surface area contributed by atoms with Gasteiger partial charge in [-0.15, -0.1) is 0 Å². The van der Waals surface area contributed by atoms with Crippen LogP contribution < -0.4 is 10.1 Å². The molecule has 21 heavy (non-hydrogen) atoms. The number of alkyl halides is 3. The lowest BCUT2D eigenvalue weighted by Gasteiger charge is -2.17. The van der Waals surface area contributed by atoms with Crippen molar-refractivity contribution in [1.82, 2.24) is 4.98 Å². The molecule has 0 atom stereocenters. The summed E-state index contributed by atoms with van der Waals surface area (Å²) in [5.74, 6) is -0.834. The Morgan fingerprint density at radius 3 is 2.48 bits per heavy atom. The van der Waals surface area contributed by atoms with Crippen LogP contribution in [0.2, 0.25) is 0 Å². The van der Waals surface area contributed by atoms with E-state index in [0.29, 0.717) is 5.69 Å². The molecule has 1 aromatic heterocycles. The van der Waals surface area contributed by atoms with Gasteiger partial charge in [0.1, 0.15) is 6.61 Å². The van der Waals surface area contributed by atoms with Crippen LogP contribution in [0.1, 0.15) is 11.1 Å². The van der Waals surface area contributed by atoms with E-state index in [9.17, 15) is 17.6 Å². The molecule has 0 bridgehead atoms. The molecule has 0 saturated heterocycles. The normalized spacial score (nSPS) is 11.3. The average molecular weight is 300 g/mol. The van der Waals surface area contributed by atoms with Crippen molar-refractivity contribution in [2.45, 2.75) is 12.8 Å². The molecule has 0 aliphatic rings. The minimum Gasteiger partial charge on any atom is -0.473 e. The SMILES string of the molecule is CNc1cccc(C(F)(F)F)c1COc1cccc(F)n1. The second-order valence-corrected chi connectivity index (χ2v) is 4.17. The molecule has 0 unspecified atom stereocenters. The molecular formula is C14H12F4N2O. The molecule has 2 aromatic rings. The fourth-order valence-electron chi connectivity index (χ4n) is 1.86. The number of anilines is 1. The Morgan fingerprint density at radius 2 is 1.86 bits per heavy atom. The Kier molecular flexibility index (Phi) is 4.30. The molecule has 0 aliphatic carbocycles. The molecule has 1 aromatic carbocycles. The Hall–Kier alpha value is -2.31. The summed E-state index contributed by atoms with van der Waals surface area (Å²) < 4.78 is 57.1. The van der Waals surface area contributed by atoms with E-state index in [1.807, 2.05) is 0 Å². The lowest BCUT2D eigenvalue weighted by molar-refractivity contribution is -0.138. The number of nitrogens with one attached hydrogen (secondary N) is 1. The molecule has 3 nitrogen and oxygen atoms in total. The predicted molar refractivity (Wildman–Crippen MR) is 69.5 cm³/mol. The van der Waals surface area contributed by atoms with Crippen LogP contribution in [-0.4, -0.2) is 12.0 Å². The summed E-state index contributed by atoms with van der Waals surface area (Å²) in [6.07, 6.45) is -4.50. The number of nitrogens with zero attached hydrogens (tertiary/aromatic N) is 1. The molecule has 2 rings (SSSR count). The van der Waals surface area contributed by atoms with Gasteiger partial charge in [-0.2, -0.15) is 22.5 Å². The Balaban J connectivity index is 2.30. The Morgan fingerprint density at radius 1 is 1.14 bits per heavy atom. The summed E-state index contributed by atoms with van der Waals surface area (Å²) in [5.41, 5.74) is -0.564. The van der Waals surface area contributed by atoms with Gasteiger partial charge in [-0.3, -0.25) is 0 Å². The molecule has 0 fully saturated rings. The minimum atomic E-state index is -4.50. The highest BCUT2D eigenvalue weighted by Gasteiger charge is 2.34. The van der Waals surface area contributed by atoms with Gasteiger partial charge in [0.25, 0.3) is 0 Å². The molecule has 0 aliphatic heterocycles. The second-order valence-electron chi connectivity index (χ2n) is 4.17. The fraction of sp³-hybridized carbons (Fsp3) is 0.214. The number of halogens is 4. The summed E-state index contributed by atoms with van der Waals surface area (Å²) in [5, 5.41) is 2.68. The first-order valence-electron chi connectivity index (χ1n) is 6.04. The lowest BCUT2D eigenvalue weighted by atomic mass is 10.1. The standard InChI is InChI=1S/C14H12F4N2O/c1-19-11-5-2-4-10(14(16,17)18)9(11)8-21-13-7-3-6-12(15)20-13/h2-7,19H,8H2,1H3. The maximum Gasteiger partial charge on any atom is 0.416 e. The maximum atomic E-state index is 13.0. The first kappa shape index (κ1) is 15.1. The smallest absolute Gasteiger partial charge is 0.416 e. The number of rotatable bonds is 4. The van der Waals surface area contributed by atoms with Crippen molar-refractivity contribution >= 4 is 5.69 Å². The van der Waals surface area contributed by atoms with Crippen molar-refractivity contribution in [3.63, 3.8) is 0 Å². The number of benzene rings is 1. The van der Waals surface area contributed by atoms with Crippen LogP contribution in [0.25, 0.3) is 0 Å². The Bertz CT molecular complexity index is 629. The van der Waals surface area contributed by atoms with Crippen LogP contribution >= 0.6 is 0 Å². The quantitative estimate of drug-likeness (QED) is 0.687. The third kappa shape index (κ3) is 3.62. The van der Waals surface area contributed by atoms with E-state index >= 15 is 0 Å². The molecule has 7 heteroatoms. The van der Waals surface area contributed by atoms with Gasteiger partial charge in [-0.25, -0.2) is 0 Å². The topological polar surface area (TPSA) is 34.1 Å². The van der Waals surface area contributed by atoms with Crippen LogP contribution in [-0.2, 0) is 12.8 Å². The van der Waals surface area contributed by atoms with Crippen LogP contribution in [0, 0.1) is 5.95 Å². The first-order valence-corrected chi connectivity index (χ1v) is 6.04. The third-order valence-corrected chi connectivity index (χ3v) is 2.80. The predicted octanol–water partition coefficient (Wildman–Crippen LogP) is 3.86. The fourth-order valence-corrected chi connectivity index (χ4v) is 1.86. The van der Waals surface area contributed by atoms with Gasteiger partial charge < -0.3 is 10.1 Å². The number of ether oxygens (including phenoxy) is 1. The van der Waals surface area contributed by atoms with E-state index in [1.165, 1.54) is 31.3 Å². The van der Waals surface area contributed by atoms with Gasteiger partial charge in [0.2, 0.25) is 11.8 Å². The molecule has 0 spiro atoms. The lowest BCUT2D eigenvalue weighted by Crippen LogP contribution is -2.13. The zero-order valence-corrected chi connectivity index (χ0v) is 11.0. The van der Waals surface area contributed by atoms with Crippen molar-refractivity contribution in [2.75, 3.05) is 12.4 Å². The number of pyridine rings is 1. The maximum absolute atomic E-state index is 13.0. The van der Waals surface area contributed by atoms with Crippen molar-refractivity contribution in [1.29, 1.82) is 0 Å². The average Bonchev–Trinajstić information content (AvgIpc) is 2.43. The summed E-state index contributed by atoms with van der Waals surface area (Å²) in [4.78, 5) is 3.45. The van der Waals surface area contributed by atoms with Crippen LogP contribution in [0.3, 0.4) is 0 Å². The zero-order valence-electron chi connectivity index (χ0n) is 11.0. The van der Waals surface area contributed by atoms with Gasteiger partial charge in [0.05, 0.1) is 5.56 Å². The highest BCUT2D eigenvalue weighted by Crippen LogP contribution is 2.35. The monoisotopic (exact) mass is 300 g/mol. The number of hydrogen-bond acceptors (Lipinski definition) is 3. The van der Waals surface area contributed by atoms with Gasteiger partial charge >= 0.3 is 6.18 Å². The van der Waals surface area contributed by atoms with Crippen molar-refractivity contribution < 1.29 is 22.3 Å². The molecule has 112 valence electrons. The highest BCUT2D eigenvalue weighted by molar-refractivity contribution is 5.55. The third-order valence-electron chi connectivity index (χ3n) is 2.80. The van der Waals surface area contributed by atoms with Crippen molar-refractivity contribution in [2.24, 2.45) is 0 Å². The van der Waals surface area contributed by atoms with Gasteiger partial charge in [-0.1, -0.05) is 12.1 Å². The molecule has 0 saturated carbocycles. The molecule has 0 amide bonds. The Labute approximate surface area is 118 Å². The van der Waals surface area contributed by atoms with Crippen molar-refractivity contribution in [3.8, 4) is 5.88 Å². The molecule has 1 heterocycles. The molecular weight excluding hydrogens is 288 g/mol. The van der Waals surface area contributed by atoms with Crippen LogP contribution in [0.4, 0.5) is 23.2 Å². The summed E-state index contributed by atoms with van der Waals surface area (Å²) in [6.45, 7) is -0.373. The summed E-state index contributed by atoms with van der Waals surface area (Å²) in [6, 6.07) is 7.64. The zero-order chi connectivity index (χ0) is 15.5. The number of hydrogen-bond donors (Lipinski definition) is 1. The molecule has 0 radical (unpaired) electrons. The van der Waals surface area contributed by atoms with E-state index in [0.717, 1.165) is 12.1 Å². The summed E-state index contributed by atoms with van der Waals surface area (Å²) >= 11 is 0. The molecule has 1 N–H and O–H groups in total. The van der Waals surface area contributed by atoms with Crippen molar-refractivity contribution in [3.05, 3.63) is 53.5 Å². The van der Waals surface area contributed by atoms with Crippen LogP contribution in [0.15, 0.2) is 36.4 Å². The van der Waals surface area contributed by atoms with E-state index in [1.54, 1.807) is 0 Å². The van der Waals surface area contributed by atoms with Gasteiger partial charge in [-0.05, 0) is 18.2 Å².